The highest BCUT2D eigenvalue weighted by Gasteiger charge is 2.36. The van der Waals surface area contributed by atoms with Crippen LogP contribution in [-0.4, -0.2) is 35.6 Å². The molecule has 0 aromatic carbocycles. The van der Waals surface area contributed by atoms with Crippen LogP contribution >= 0.6 is 15.9 Å². The van der Waals surface area contributed by atoms with E-state index in [4.69, 9.17) is 4.74 Å². The summed E-state index contributed by atoms with van der Waals surface area (Å²) in [6, 6.07) is 0.769. The number of aryl methyl sites for hydroxylation is 2. The van der Waals surface area contributed by atoms with Gasteiger partial charge in [-0.05, 0) is 67.3 Å². The fourth-order valence-corrected chi connectivity index (χ4v) is 3.69. The SMILES string of the molecule is CCn1nc(C)c(Br)c1CC1(CNC2CC2)CCOCC1. The van der Waals surface area contributed by atoms with Crippen LogP contribution in [0.1, 0.15) is 44.0 Å². The first-order valence-electron chi connectivity index (χ1n) is 8.16. The highest BCUT2D eigenvalue weighted by Crippen LogP contribution is 2.37. The lowest BCUT2D eigenvalue weighted by atomic mass is 9.76. The normalized spacial score (nSPS) is 21.7. The van der Waals surface area contributed by atoms with Crippen LogP contribution in [0.3, 0.4) is 0 Å². The molecule has 3 rings (SSSR count). The maximum Gasteiger partial charge on any atom is 0.0738 e. The molecule has 21 heavy (non-hydrogen) atoms. The summed E-state index contributed by atoms with van der Waals surface area (Å²) in [5.41, 5.74) is 2.78. The largest absolute Gasteiger partial charge is 0.381 e. The van der Waals surface area contributed by atoms with Crippen molar-refractivity contribution in [3.8, 4) is 0 Å². The molecule has 4 nitrogen and oxygen atoms in total. The number of ether oxygens (including phenoxy) is 1. The fraction of sp³-hybridized carbons (Fsp3) is 0.812. The van der Waals surface area contributed by atoms with Crippen molar-refractivity contribution in [2.75, 3.05) is 19.8 Å². The number of rotatable bonds is 6. The molecule has 2 aliphatic rings. The number of halogens is 1. The van der Waals surface area contributed by atoms with Crippen LogP contribution in [0.4, 0.5) is 0 Å². The maximum absolute atomic E-state index is 5.61. The first kappa shape index (κ1) is 15.5. The standard InChI is InChI=1S/C16H26BrN3O/c1-3-20-14(15(17)12(2)19-20)10-16(6-8-21-9-7-16)11-18-13-4-5-13/h13,18H,3-11H2,1-2H3. The first-order chi connectivity index (χ1) is 10.1. The van der Waals surface area contributed by atoms with Crippen LogP contribution in [0.15, 0.2) is 4.47 Å². The number of hydrogen-bond acceptors (Lipinski definition) is 3. The van der Waals surface area contributed by atoms with E-state index in [1.807, 2.05) is 0 Å². The molecule has 5 heteroatoms. The van der Waals surface area contributed by atoms with Gasteiger partial charge < -0.3 is 10.1 Å². The summed E-state index contributed by atoms with van der Waals surface area (Å²) in [6.07, 6.45) is 6.08. The molecule has 0 spiro atoms. The van der Waals surface area contributed by atoms with Crippen molar-refractivity contribution in [1.29, 1.82) is 0 Å². The second-order valence-corrected chi connectivity index (χ2v) is 7.40. The van der Waals surface area contributed by atoms with Crippen LogP contribution in [0.5, 0.6) is 0 Å². The van der Waals surface area contributed by atoms with Gasteiger partial charge in [0.2, 0.25) is 0 Å². The van der Waals surface area contributed by atoms with Gasteiger partial charge >= 0.3 is 0 Å². The predicted molar refractivity (Wildman–Crippen MR) is 87.6 cm³/mol. The third-order valence-electron chi connectivity index (χ3n) is 4.89. The van der Waals surface area contributed by atoms with Gasteiger partial charge in [0.05, 0.1) is 15.9 Å². The number of aromatic nitrogens is 2. The van der Waals surface area contributed by atoms with E-state index >= 15 is 0 Å². The molecule has 1 aliphatic heterocycles. The summed E-state index contributed by atoms with van der Waals surface area (Å²) in [7, 11) is 0. The Morgan fingerprint density at radius 2 is 2.10 bits per heavy atom. The minimum absolute atomic E-state index is 0.322. The van der Waals surface area contributed by atoms with Crippen LogP contribution in [-0.2, 0) is 17.7 Å². The molecule has 118 valence electrons. The van der Waals surface area contributed by atoms with Gasteiger partial charge in [-0.25, -0.2) is 0 Å². The molecular weight excluding hydrogens is 330 g/mol. The lowest BCUT2D eigenvalue weighted by Crippen LogP contribution is -2.42. The van der Waals surface area contributed by atoms with Gasteiger partial charge in [0, 0.05) is 32.3 Å². The average molecular weight is 356 g/mol. The highest BCUT2D eigenvalue weighted by molar-refractivity contribution is 9.10. The van der Waals surface area contributed by atoms with Crippen LogP contribution < -0.4 is 5.32 Å². The van der Waals surface area contributed by atoms with E-state index in [2.05, 4.69) is 44.9 Å². The zero-order valence-corrected chi connectivity index (χ0v) is 14.7. The van der Waals surface area contributed by atoms with Crippen LogP contribution in [0.25, 0.3) is 0 Å². The molecule has 0 radical (unpaired) electrons. The van der Waals surface area contributed by atoms with Crippen molar-refractivity contribution in [1.82, 2.24) is 15.1 Å². The molecule has 1 aromatic heterocycles. The van der Waals surface area contributed by atoms with E-state index in [-0.39, 0.29) is 0 Å². The Bertz CT molecular complexity index is 490. The third kappa shape index (κ3) is 3.51. The van der Waals surface area contributed by atoms with Gasteiger partial charge in [-0.15, -0.1) is 0 Å². The molecule has 2 fully saturated rings. The summed E-state index contributed by atoms with van der Waals surface area (Å²) in [4.78, 5) is 0. The Labute approximate surface area is 135 Å². The van der Waals surface area contributed by atoms with E-state index < -0.39 is 0 Å². The highest BCUT2D eigenvalue weighted by atomic mass is 79.9. The van der Waals surface area contributed by atoms with Gasteiger partial charge in [-0.2, -0.15) is 5.10 Å². The minimum atomic E-state index is 0.322. The van der Waals surface area contributed by atoms with Gasteiger partial charge in [-0.1, -0.05) is 0 Å². The van der Waals surface area contributed by atoms with E-state index in [1.54, 1.807) is 0 Å². The Hall–Kier alpha value is -0.390. The summed E-state index contributed by atoms with van der Waals surface area (Å²) >= 11 is 3.75. The van der Waals surface area contributed by atoms with Gasteiger partial charge in [-0.3, -0.25) is 4.68 Å². The lowest BCUT2D eigenvalue weighted by molar-refractivity contribution is 0.0137. The zero-order chi connectivity index (χ0) is 14.9. The second-order valence-electron chi connectivity index (χ2n) is 6.61. The van der Waals surface area contributed by atoms with Gasteiger partial charge in [0.15, 0.2) is 0 Å². The third-order valence-corrected chi connectivity index (χ3v) is 5.92. The topological polar surface area (TPSA) is 39.1 Å². The van der Waals surface area contributed by atoms with Crippen molar-refractivity contribution in [3.05, 3.63) is 15.9 Å². The summed E-state index contributed by atoms with van der Waals surface area (Å²) in [5, 5.41) is 8.40. The minimum Gasteiger partial charge on any atom is -0.381 e. The lowest BCUT2D eigenvalue weighted by Gasteiger charge is -2.38. The van der Waals surface area contributed by atoms with E-state index in [9.17, 15) is 0 Å². The van der Waals surface area contributed by atoms with E-state index in [0.717, 1.165) is 57.3 Å². The Kier molecular flexibility index (Phi) is 4.71. The number of nitrogens with zero attached hydrogens (tertiary/aromatic N) is 2. The molecule has 2 heterocycles. The molecule has 0 atom stereocenters. The quantitative estimate of drug-likeness (QED) is 0.852. The zero-order valence-electron chi connectivity index (χ0n) is 13.1. The molecule has 1 saturated carbocycles. The molecule has 0 unspecified atom stereocenters. The Morgan fingerprint density at radius 1 is 1.38 bits per heavy atom. The maximum atomic E-state index is 5.61. The fourth-order valence-electron chi connectivity index (χ4n) is 3.26. The number of hydrogen-bond donors (Lipinski definition) is 1. The van der Waals surface area contributed by atoms with E-state index in [0.29, 0.717) is 5.41 Å². The summed E-state index contributed by atoms with van der Waals surface area (Å²) in [5.74, 6) is 0. The van der Waals surface area contributed by atoms with Crippen molar-refractivity contribution in [2.24, 2.45) is 5.41 Å². The van der Waals surface area contributed by atoms with Crippen LogP contribution in [0, 0.1) is 12.3 Å². The Balaban J connectivity index is 1.79. The van der Waals surface area contributed by atoms with Crippen molar-refractivity contribution in [2.45, 2.75) is 58.5 Å². The van der Waals surface area contributed by atoms with Crippen molar-refractivity contribution in [3.63, 3.8) is 0 Å². The molecule has 1 saturated heterocycles. The van der Waals surface area contributed by atoms with Crippen molar-refractivity contribution < 1.29 is 4.74 Å². The Morgan fingerprint density at radius 3 is 2.71 bits per heavy atom. The molecule has 1 aromatic rings. The predicted octanol–water partition coefficient (Wildman–Crippen LogP) is 3.07. The number of nitrogens with one attached hydrogen (secondary N) is 1. The molecule has 0 bridgehead atoms. The average Bonchev–Trinajstić information content (AvgIpc) is 3.29. The van der Waals surface area contributed by atoms with Gasteiger partial charge in [0.25, 0.3) is 0 Å². The van der Waals surface area contributed by atoms with Crippen LogP contribution in [0.2, 0.25) is 0 Å². The van der Waals surface area contributed by atoms with Gasteiger partial charge in [0.1, 0.15) is 0 Å². The molecular formula is C16H26BrN3O. The first-order valence-corrected chi connectivity index (χ1v) is 8.96. The molecule has 0 amide bonds. The summed E-state index contributed by atoms with van der Waals surface area (Å²) in [6.45, 7) is 8.08. The summed E-state index contributed by atoms with van der Waals surface area (Å²) < 4.78 is 8.97. The second kappa shape index (κ2) is 6.39. The molecule has 1 N–H and O–H groups in total. The van der Waals surface area contributed by atoms with Crippen molar-refractivity contribution >= 4 is 15.9 Å². The van der Waals surface area contributed by atoms with E-state index in [1.165, 1.54) is 23.0 Å². The molecule has 1 aliphatic carbocycles. The smallest absolute Gasteiger partial charge is 0.0738 e. The monoisotopic (exact) mass is 355 g/mol.